The van der Waals surface area contributed by atoms with E-state index >= 15 is 0 Å². The van der Waals surface area contributed by atoms with E-state index in [0.717, 1.165) is 22.7 Å². The predicted octanol–water partition coefficient (Wildman–Crippen LogP) is 2.94. The van der Waals surface area contributed by atoms with Gasteiger partial charge in [-0.3, -0.25) is 0 Å². The smallest absolute Gasteiger partial charge is 0.107 e. The van der Waals surface area contributed by atoms with Gasteiger partial charge in [0.2, 0.25) is 0 Å². The molecule has 0 bridgehead atoms. The summed E-state index contributed by atoms with van der Waals surface area (Å²) in [6.45, 7) is 5.73. The van der Waals surface area contributed by atoms with Crippen molar-refractivity contribution in [3.63, 3.8) is 0 Å². The third kappa shape index (κ3) is 3.87. The molecule has 1 aromatic rings. The number of hydrogen-bond donors (Lipinski definition) is 2. The van der Waals surface area contributed by atoms with E-state index in [1.54, 1.807) is 11.8 Å². The van der Waals surface area contributed by atoms with Crippen molar-refractivity contribution in [3.8, 4) is 0 Å². The van der Waals surface area contributed by atoms with Gasteiger partial charge in [-0.15, -0.1) is 11.8 Å². The lowest BCUT2D eigenvalue weighted by Crippen LogP contribution is -2.33. The van der Waals surface area contributed by atoms with Crippen LogP contribution in [0.5, 0.6) is 0 Å². The third-order valence-corrected chi connectivity index (χ3v) is 4.61. The first-order valence-electron chi connectivity index (χ1n) is 7.07. The lowest BCUT2D eigenvalue weighted by molar-refractivity contribution is 0.328. The number of nitrogens with one attached hydrogen (secondary N) is 1. The maximum absolute atomic E-state index is 5.90. The fourth-order valence-corrected chi connectivity index (χ4v) is 3.66. The maximum atomic E-state index is 5.90. The zero-order chi connectivity index (χ0) is 14.5. The van der Waals surface area contributed by atoms with Crippen LogP contribution in [0.3, 0.4) is 0 Å². The average Bonchev–Trinajstić information content (AvgIpc) is 2.90. The van der Waals surface area contributed by atoms with Crippen molar-refractivity contribution >= 4 is 34.7 Å². The highest BCUT2D eigenvalue weighted by Gasteiger charge is 2.16. The molecule has 0 saturated carbocycles. The molecule has 0 spiro atoms. The fourth-order valence-electron chi connectivity index (χ4n) is 2.74. The van der Waals surface area contributed by atoms with Crippen molar-refractivity contribution < 1.29 is 0 Å². The lowest BCUT2D eigenvalue weighted by Gasteiger charge is -2.23. The molecule has 1 unspecified atom stereocenters. The molecule has 110 valence electrons. The van der Waals surface area contributed by atoms with Crippen molar-refractivity contribution in [3.05, 3.63) is 23.8 Å². The van der Waals surface area contributed by atoms with Crippen LogP contribution in [0, 0.1) is 0 Å². The number of hydrogen-bond acceptors (Lipinski definition) is 4. The largest absolute Gasteiger partial charge is 0.389 e. The first-order valence-corrected chi connectivity index (χ1v) is 8.71. The van der Waals surface area contributed by atoms with Gasteiger partial charge in [0.05, 0.1) is 0 Å². The fraction of sp³-hybridized carbons (Fsp3) is 0.533. The van der Waals surface area contributed by atoms with Crippen molar-refractivity contribution in [2.75, 3.05) is 31.2 Å². The maximum Gasteiger partial charge on any atom is 0.107 e. The molecule has 0 aromatic heterocycles. The van der Waals surface area contributed by atoms with Crippen LogP contribution in [-0.2, 0) is 0 Å². The summed E-state index contributed by atoms with van der Waals surface area (Å²) >= 11 is 6.89. The van der Waals surface area contributed by atoms with E-state index in [0.29, 0.717) is 11.0 Å². The number of likely N-dealkylation sites (tertiary alicyclic amines) is 1. The van der Waals surface area contributed by atoms with Crippen molar-refractivity contribution in [2.24, 2.45) is 5.73 Å². The summed E-state index contributed by atoms with van der Waals surface area (Å²) in [6, 6.07) is 6.57. The zero-order valence-corrected chi connectivity index (χ0v) is 13.8. The summed E-state index contributed by atoms with van der Waals surface area (Å²) in [7, 11) is 0. The zero-order valence-electron chi connectivity index (χ0n) is 12.2. The number of thioether (sulfide) groups is 1. The Morgan fingerprint density at radius 1 is 1.45 bits per heavy atom. The number of benzene rings is 1. The molecule has 1 aliphatic heterocycles. The summed E-state index contributed by atoms with van der Waals surface area (Å²) in [6.07, 6.45) is 4.70. The van der Waals surface area contributed by atoms with E-state index < -0.39 is 0 Å². The molecule has 0 amide bonds. The van der Waals surface area contributed by atoms with Gasteiger partial charge >= 0.3 is 0 Å². The Morgan fingerprint density at radius 3 is 2.75 bits per heavy atom. The summed E-state index contributed by atoms with van der Waals surface area (Å²) in [5.41, 5.74) is 7.93. The summed E-state index contributed by atoms with van der Waals surface area (Å²) in [5.74, 6) is 0. The molecule has 1 fully saturated rings. The summed E-state index contributed by atoms with van der Waals surface area (Å²) < 4.78 is 0. The van der Waals surface area contributed by atoms with Gasteiger partial charge < -0.3 is 16.0 Å². The van der Waals surface area contributed by atoms with Crippen molar-refractivity contribution in [1.82, 2.24) is 4.90 Å². The average molecular weight is 310 g/mol. The van der Waals surface area contributed by atoms with Gasteiger partial charge in [-0.25, -0.2) is 0 Å². The second-order valence-electron chi connectivity index (χ2n) is 5.30. The molecule has 3 N–H and O–H groups in total. The van der Waals surface area contributed by atoms with Gasteiger partial charge in [0.25, 0.3) is 0 Å². The minimum absolute atomic E-state index is 0.387. The number of anilines is 1. The molecule has 1 saturated heterocycles. The van der Waals surface area contributed by atoms with E-state index in [2.05, 4.69) is 41.6 Å². The van der Waals surface area contributed by atoms with Gasteiger partial charge in [-0.05, 0) is 51.2 Å². The van der Waals surface area contributed by atoms with Crippen LogP contribution >= 0.6 is 24.0 Å². The van der Waals surface area contributed by atoms with E-state index in [9.17, 15) is 0 Å². The molecule has 0 radical (unpaired) electrons. The van der Waals surface area contributed by atoms with Crippen LogP contribution in [0.15, 0.2) is 23.1 Å². The lowest BCUT2D eigenvalue weighted by atomic mass is 10.1. The normalized spacial score (nSPS) is 17.1. The molecule has 1 atom stereocenters. The number of nitrogens with two attached hydrogens (primary N) is 1. The Bertz CT molecular complexity index is 470. The van der Waals surface area contributed by atoms with Gasteiger partial charge in [0, 0.05) is 28.7 Å². The highest BCUT2D eigenvalue weighted by molar-refractivity contribution is 7.98. The molecular weight excluding hydrogens is 286 g/mol. The van der Waals surface area contributed by atoms with E-state index in [-0.39, 0.29) is 0 Å². The molecule has 5 heteroatoms. The van der Waals surface area contributed by atoms with Crippen molar-refractivity contribution in [2.45, 2.75) is 30.7 Å². The Kier molecular flexibility index (Phi) is 5.69. The van der Waals surface area contributed by atoms with Gasteiger partial charge in [0.15, 0.2) is 0 Å². The number of nitrogens with zero attached hydrogens (tertiary/aromatic N) is 1. The molecule has 3 nitrogen and oxygen atoms in total. The van der Waals surface area contributed by atoms with Crippen LogP contribution in [-0.4, -0.2) is 41.8 Å². The van der Waals surface area contributed by atoms with E-state index in [1.807, 2.05) is 0 Å². The molecule has 1 aromatic carbocycles. The number of rotatable bonds is 6. The SMILES string of the molecule is CSc1cccc(NC(C)CN2CCCC2)c1C(N)=S. The molecule has 2 rings (SSSR count). The molecule has 0 aliphatic carbocycles. The van der Waals surface area contributed by atoms with Gasteiger partial charge in [0.1, 0.15) is 4.99 Å². The summed E-state index contributed by atoms with van der Waals surface area (Å²) in [5, 5.41) is 3.57. The monoisotopic (exact) mass is 309 g/mol. The van der Waals surface area contributed by atoms with Gasteiger partial charge in [-0.2, -0.15) is 0 Å². The first kappa shape index (κ1) is 15.6. The second kappa shape index (κ2) is 7.29. The highest BCUT2D eigenvalue weighted by Crippen LogP contribution is 2.27. The topological polar surface area (TPSA) is 41.3 Å². The Labute approximate surface area is 131 Å². The third-order valence-electron chi connectivity index (χ3n) is 3.63. The van der Waals surface area contributed by atoms with Crippen LogP contribution in [0.1, 0.15) is 25.3 Å². The van der Waals surface area contributed by atoms with Gasteiger partial charge in [-0.1, -0.05) is 18.3 Å². The molecule has 1 heterocycles. The van der Waals surface area contributed by atoms with Crippen molar-refractivity contribution in [1.29, 1.82) is 0 Å². The molecular formula is C15H23N3S2. The standard InChI is InChI=1S/C15H23N3S2/c1-11(10-18-8-3-4-9-18)17-12-6-5-7-13(20-2)14(12)15(16)19/h5-7,11,17H,3-4,8-10H2,1-2H3,(H2,16,19). The number of thiocarbonyl (C=S) groups is 1. The van der Waals surface area contributed by atoms with E-state index in [1.165, 1.54) is 25.9 Å². The predicted molar refractivity (Wildman–Crippen MR) is 92.9 cm³/mol. The molecule has 1 aliphatic rings. The Balaban J connectivity index is 2.09. The summed E-state index contributed by atoms with van der Waals surface area (Å²) in [4.78, 5) is 4.11. The molecule has 20 heavy (non-hydrogen) atoms. The minimum Gasteiger partial charge on any atom is -0.389 e. The quantitative estimate of drug-likeness (QED) is 0.624. The van der Waals surface area contributed by atoms with E-state index in [4.69, 9.17) is 18.0 Å². The minimum atomic E-state index is 0.387. The van der Waals surface area contributed by atoms with Crippen LogP contribution in [0.2, 0.25) is 0 Å². The highest BCUT2D eigenvalue weighted by atomic mass is 32.2. The van der Waals surface area contributed by atoms with Crippen LogP contribution in [0.25, 0.3) is 0 Å². The first-order chi connectivity index (χ1) is 9.61. The second-order valence-corrected chi connectivity index (χ2v) is 6.59. The Hall–Kier alpha value is -0.780. The Morgan fingerprint density at radius 2 is 2.15 bits per heavy atom. The van der Waals surface area contributed by atoms with Crippen LogP contribution < -0.4 is 11.1 Å². The van der Waals surface area contributed by atoms with Crippen LogP contribution in [0.4, 0.5) is 5.69 Å².